The summed E-state index contributed by atoms with van der Waals surface area (Å²) in [7, 11) is 1.50. The van der Waals surface area contributed by atoms with E-state index in [0.717, 1.165) is 0 Å². The van der Waals surface area contributed by atoms with E-state index in [1.54, 1.807) is 0 Å². The first-order valence-corrected chi connectivity index (χ1v) is 2.58. The third kappa shape index (κ3) is 177000. The van der Waals surface area contributed by atoms with Gasteiger partial charge in [-0.25, -0.2) is 0 Å². The Labute approximate surface area is 63.7 Å². The molecule has 9 heavy (non-hydrogen) atoms. The lowest BCUT2D eigenvalue weighted by Crippen LogP contribution is -1.69. The summed E-state index contributed by atoms with van der Waals surface area (Å²) in [4.78, 5) is 0. The van der Waals surface area contributed by atoms with Crippen LogP contribution < -0.4 is 5.73 Å². The lowest BCUT2D eigenvalue weighted by atomic mass is 11.0. The van der Waals surface area contributed by atoms with Crippen molar-refractivity contribution in [1.82, 2.24) is 0 Å². The highest BCUT2D eigenvalue weighted by Gasteiger charge is 0.934. The van der Waals surface area contributed by atoms with Gasteiger partial charge in [-0.3, -0.25) is 0 Å². The molecular weight excluding hydrogens is 110 g/mol. The number of rotatable bonds is 0. The summed E-state index contributed by atoms with van der Waals surface area (Å²) in [5, 5.41) is 0. The molecule has 0 rings (SSSR count). The van der Waals surface area contributed by atoms with E-state index in [0.29, 0.717) is 0 Å². The first-order chi connectivity index (χ1) is 3.00. The zero-order valence-electron chi connectivity index (χ0n) is 5.58. The molecule has 0 aromatic heterocycles. The molecule has 2 N–H and O–H groups in total. The molecular formula is C8H29N. The third-order valence-electron chi connectivity index (χ3n) is 0. The third-order valence-corrected chi connectivity index (χ3v) is 0. The summed E-state index contributed by atoms with van der Waals surface area (Å²) in [6.07, 6.45) is 0. The van der Waals surface area contributed by atoms with Gasteiger partial charge in [-0.15, -0.1) is 0 Å². The topological polar surface area (TPSA) is 26.0 Å². The molecule has 0 atom stereocenters. The molecule has 0 radical (unpaired) electrons. The molecule has 0 bridgehead atoms. The minimum absolute atomic E-state index is 0. The van der Waals surface area contributed by atoms with E-state index in [2.05, 4.69) is 5.73 Å². The molecule has 0 aromatic rings. The lowest BCUT2D eigenvalue weighted by molar-refractivity contribution is 1.48. The minimum atomic E-state index is 0. The highest BCUT2D eigenvalue weighted by Crippen LogP contribution is 1.15. The molecule has 0 amide bonds. The molecule has 1 heteroatoms. The maximum Gasteiger partial charge on any atom is -0.0195 e. The Morgan fingerprint density at radius 3 is 0.556 bits per heavy atom. The van der Waals surface area contributed by atoms with Crippen molar-refractivity contribution in [2.75, 3.05) is 7.05 Å². The molecule has 0 spiro atoms. The molecule has 0 heterocycles. The Morgan fingerprint density at radius 1 is 0.556 bits per heavy atom. The molecule has 0 fully saturated rings. The first-order valence-electron chi connectivity index (χ1n) is 2.58. The smallest absolute Gasteiger partial charge is 0.0195 e. The molecule has 1 nitrogen and oxygen atoms in total. The van der Waals surface area contributed by atoms with Crippen LogP contribution in [0.15, 0.2) is 0 Å². The predicted molar refractivity (Wildman–Crippen MR) is 53.0 cm³/mol. The highest BCUT2D eigenvalue weighted by atomic mass is 14.4. The van der Waals surface area contributed by atoms with Crippen LogP contribution in [0.25, 0.3) is 0 Å². The van der Waals surface area contributed by atoms with E-state index in [9.17, 15) is 0 Å². The van der Waals surface area contributed by atoms with Crippen LogP contribution in [0.1, 0.15) is 50.0 Å². The SMILES string of the molecule is C.C.C.CC.CC.CN. The Kier molecular flexibility index (Phi) is 1740000. The van der Waals surface area contributed by atoms with Crippen molar-refractivity contribution < 1.29 is 0 Å². The van der Waals surface area contributed by atoms with Crippen molar-refractivity contribution in [1.29, 1.82) is 0 Å². The van der Waals surface area contributed by atoms with Gasteiger partial charge in [0.1, 0.15) is 0 Å². The average molecular weight is 139 g/mol. The van der Waals surface area contributed by atoms with Crippen molar-refractivity contribution in [2.24, 2.45) is 5.73 Å². The van der Waals surface area contributed by atoms with Crippen LogP contribution in [-0.4, -0.2) is 7.05 Å². The second-order valence-corrected chi connectivity index (χ2v) is 0. The average Bonchev–Trinajstić information content (AvgIpc) is 1.81. The zero-order valence-corrected chi connectivity index (χ0v) is 5.58. The molecule has 0 unspecified atom stereocenters. The molecule has 0 aliphatic carbocycles. The van der Waals surface area contributed by atoms with Crippen LogP contribution in [0.2, 0.25) is 0 Å². The van der Waals surface area contributed by atoms with Crippen LogP contribution in [0.5, 0.6) is 0 Å². The fraction of sp³-hybridized carbons (Fsp3) is 1.00. The molecule has 0 aromatic carbocycles. The number of hydrogen-bond donors (Lipinski definition) is 1. The first kappa shape index (κ1) is 64.8. The predicted octanol–water partition coefficient (Wildman–Crippen LogP) is 3.54. The second kappa shape index (κ2) is 241000. The molecule has 0 saturated carbocycles. The second-order valence-electron chi connectivity index (χ2n) is 0. The number of nitrogens with two attached hydrogens (primary N) is 1. The summed E-state index contributed by atoms with van der Waals surface area (Å²) in [5.74, 6) is 0. The maximum absolute atomic E-state index is 4.50. The maximum atomic E-state index is 4.50. The number of hydrogen-bond acceptors (Lipinski definition) is 1. The highest BCUT2D eigenvalue weighted by molar-refractivity contribution is 3.54. The van der Waals surface area contributed by atoms with Crippen molar-refractivity contribution in [3.8, 4) is 0 Å². The van der Waals surface area contributed by atoms with E-state index < -0.39 is 0 Å². The van der Waals surface area contributed by atoms with Crippen LogP contribution >= 0.6 is 0 Å². The van der Waals surface area contributed by atoms with Crippen LogP contribution in [0.3, 0.4) is 0 Å². The van der Waals surface area contributed by atoms with Gasteiger partial charge >= 0.3 is 0 Å². The van der Waals surface area contributed by atoms with Crippen molar-refractivity contribution in [3.05, 3.63) is 0 Å². The van der Waals surface area contributed by atoms with Gasteiger partial charge in [-0.2, -0.15) is 0 Å². The van der Waals surface area contributed by atoms with Gasteiger partial charge in [0.15, 0.2) is 0 Å². The van der Waals surface area contributed by atoms with Gasteiger partial charge in [0.2, 0.25) is 0 Å². The Hall–Kier alpha value is -0.0400. The summed E-state index contributed by atoms with van der Waals surface area (Å²) in [6.45, 7) is 8.00. The molecule has 0 saturated heterocycles. The molecule has 66 valence electrons. The quantitative estimate of drug-likeness (QED) is 0.546. The molecule has 0 aliphatic rings. The van der Waals surface area contributed by atoms with E-state index >= 15 is 0 Å². The van der Waals surface area contributed by atoms with E-state index in [1.165, 1.54) is 7.05 Å². The van der Waals surface area contributed by atoms with E-state index in [4.69, 9.17) is 0 Å². The van der Waals surface area contributed by atoms with E-state index in [-0.39, 0.29) is 22.3 Å². The standard InChI is InChI=1S/2C2H6.CH5N.3CH4/c3*1-2;;;/h2*1-2H3;2H2,1H3;3*1H4. The van der Waals surface area contributed by atoms with Crippen molar-refractivity contribution in [2.45, 2.75) is 50.0 Å². The fourth-order valence-corrected chi connectivity index (χ4v) is 0. The summed E-state index contributed by atoms with van der Waals surface area (Å²) in [6, 6.07) is 0. The van der Waals surface area contributed by atoms with Crippen LogP contribution in [0.4, 0.5) is 0 Å². The van der Waals surface area contributed by atoms with Crippen LogP contribution in [0, 0.1) is 0 Å². The van der Waals surface area contributed by atoms with Gasteiger partial charge in [-0.1, -0.05) is 50.0 Å². The van der Waals surface area contributed by atoms with Gasteiger partial charge < -0.3 is 5.73 Å². The summed E-state index contributed by atoms with van der Waals surface area (Å²) >= 11 is 0. The summed E-state index contributed by atoms with van der Waals surface area (Å²) < 4.78 is 0. The Morgan fingerprint density at radius 2 is 0.556 bits per heavy atom. The van der Waals surface area contributed by atoms with Gasteiger partial charge in [0.25, 0.3) is 0 Å². The van der Waals surface area contributed by atoms with Crippen molar-refractivity contribution >= 4 is 0 Å². The molecule has 0 aliphatic heterocycles. The zero-order chi connectivity index (χ0) is 6.00. The minimum Gasteiger partial charge on any atom is -0.333 e. The van der Waals surface area contributed by atoms with Crippen LogP contribution in [-0.2, 0) is 0 Å². The normalized spacial score (nSPS) is 2.00. The van der Waals surface area contributed by atoms with Gasteiger partial charge in [0.05, 0.1) is 0 Å². The Balaban J connectivity index is -0.00000000321. The van der Waals surface area contributed by atoms with Gasteiger partial charge in [0, 0.05) is 0 Å². The summed E-state index contributed by atoms with van der Waals surface area (Å²) in [5.41, 5.74) is 4.50. The van der Waals surface area contributed by atoms with Gasteiger partial charge in [-0.05, 0) is 7.05 Å². The Bertz CT molecular complexity index is 4.53. The van der Waals surface area contributed by atoms with E-state index in [1.807, 2.05) is 27.7 Å². The monoisotopic (exact) mass is 139 g/mol. The fourth-order valence-electron chi connectivity index (χ4n) is 0. The van der Waals surface area contributed by atoms with Crippen molar-refractivity contribution in [3.63, 3.8) is 0 Å². The largest absolute Gasteiger partial charge is 0.333 e. The lowest BCUT2D eigenvalue weighted by Gasteiger charge is -1.19.